The van der Waals surface area contributed by atoms with Gasteiger partial charge in [-0.1, -0.05) is 0 Å². The molecule has 2 amide bonds. The van der Waals surface area contributed by atoms with Crippen LogP contribution in [-0.4, -0.2) is 42.4 Å². The van der Waals surface area contributed by atoms with Crippen LogP contribution in [0.2, 0.25) is 0 Å². The molecular weight excluding hydrogens is 249 g/mol. The number of halogens is 1. The smallest absolute Gasteiger partial charge is 0.254 e. The van der Waals surface area contributed by atoms with Crippen LogP contribution in [0.25, 0.3) is 0 Å². The van der Waals surface area contributed by atoms with Gasteiger partial charge < -0.3 is 16.0 Å². The molecule has 1 aliphatic heterocycles. The number of hydrogen-bond donors (Lipinski definition) is 2. The lowest BCUT2D eigenvalue weighted by molar-refractivity contribution is -0.122. The molecule has 1 saturated heterocycles. The average Bonchev–Trinajstić information content (AvgIpc) is 2.41. The van der Waals surface area contributed by atoms with E-state index < -0.39 is 11.9 Å². The van der Waals surface area contributed by atoms with Crippen LogP contribution in [0.1, 0.15) is 15.9 Å². The summed E-state index contributed by atoms with van der Waals surface area (Å²) < 4.78 is 13.2. The van der Waals surface area contributed by atoms with E-state index in [4.69, 9.17) is 5.73 Å². The number of aryl methyl sites for hydroxylation is 1. The summed E-state index contributed by atoms with van der Waals surface area (Å²) in [5.41, 5.74) is 6.06. The summed E-state index contributed by atoms with van der Waals surface area (Å²) in [5.74, 6) is -1.20. The molecular formula is C13H16FN3O2. The maximum atomic E-state index is 13.2. The zero-order valence-corrected chi connectivity index (χ0v) is 10.6. The molecule has 1 aromatic rings. The number of amides is 2. The number of primary amides is 1. The van der Waals surface area contributed by atoms with Crippen LogP contribution >= 0.6 is 0 Å². The Morgan fingerprint density at radius 2 is 2.21 bits per heavy atom. The minimum Gasteiger partial charge on any atom is -0.368 e. The molecule has 1 atom stereocenters. The lowest BCUT2D eigenvalue weighted by Gasteiger charge is -2.34. The van der Waals surface area contributed by atoms with E-state index in [1.54, 1.807) is 6.92 Å². The van der Waals surface area contributed by atoms with Gasteiger partial charge in [-0.25, -0.2) is 4.39 Å². The second-order valence-corrected chi connectivity index (χ2v) is 4.58. The summed E-state index contributed by atoms with van der Waals surface area (Å²) in [6.07, 6.45) is 0. The molecule has 0 aromatic heterocycles. The first-order valence-corrected chi connectivity index (χ1v) is 6.08. The van der Waals surface area contributed by atoms with Crippen LogP contribution in [0.15, 0.2) is 18.2 Å². The van der Waals surface area contributed by atoms with E-state index in [1.165, 1.54) is 23.1 Å². The van der Waals surface area contributed by atoms with Gasteiger partial charge in [0.15, 0.2) is 0 Å². The molecule has 0 saturated carbocycles. The van der Waals surface area contributed by atoms with Crippen molar-refractivity contribution >= 4 is 11.8 Å². The molecule has 1 aliphatic rings. The summed E-state index contributed by atoms with van der Waals surface area (Å²) in [6.45, 7) is 2.95. The van der Waals surface area contributed by atoms with Crippen LogP contribution in [0.3, 0.4) is 0 Å². The van der Waals surface area contributed by atoms with E-state index in [-0.39, 0.29) is 11.7 Å². The molecule has 19 heavy (non-hydrogen) atoms. The molecule has 0 aliphatic carbocycles. The van der Waals surface area contributed by atoms with Crippen molar-refractivity contribution in [1.82, 2.24) is 10.2 Å². The summed E-state index contributed by atoms with van der Waals surface area (Å²) in [6, 6.07) is 3.50. The highest BCUT2D eigenvalue weighted by Gasteiger charge is 2.31. The Kier molecular flexibility index (Phi) is 3.80. The predicted molar refractivity (Wildman–Crippen MR) is 68.0 cm³/mol. The van der Waals surface area contributed by atoms with Crippen LogP contribution in [0.4, 0.5) is 4.39 Å². The molecule has 1 unspecified atom stereocenters. The fraction of sp³-hybridized carbons (Fsp3) is 0.385. The number of carbonyl (C=O) groups is 2. The number of carbonyl (C=O) groups excluding carboxylic acids is 2. The first-order chi connectivity index (χ1) is 9.00. The van der Waals surface area contributed by atoms with Crippen molar-refractivity contribution in [2.75, 3.05) is 19.6 Å². The van der Waals surface area contributed by atoms with Gasteiger partial charge >= 0.3 is 0 Å². The standard InChI is InChI=1S/C13H16FN3O2/c1-8-6-9(2-3-10(8)14)13(19)17-5-4-16-7-11(17)12(15)18/h2-3,6,11,16H,4-5,7H2,1H3,(H2,15,18). The van der Waals surface area contributed by atoms with E-state index in [2.05, 4.69) is 5.32 Å². The second-order valence-electron chi connectivity index (χ2n) is 4.58. The van der Waals surface area contributed by atoms with Crippen molar-refractivity contribution in [3.05, 3.63) is 35.1 Å². The van der Waals surface area contributed by atoms with Gasteiger partial charge in [0.25, 0.3) is 5.91 Å². The predicted octanol–water partition coefficient (Wildman–Crippen LogP) is 0.0334. The Morgan fingerprint density at radius 1 is 1.47 bits per heavy atom. The quantitative estimate of drug-likeness (QED) is 0.792. The third-order valence-corrected chi connectivity index (χ3v) is 3.24. The van der Waals surface area contributed by atoms with Gasteiger partial charge in [0.05, 0.1) is 0 Å². The van der Waals surface area contributed by atoms with E-state index in [0.29, 0.717) is 30.8 Å². The first kappa shape index (κ1) is 13.5. The number of nitrogens with zero attached hydrogens (tertiary/aromatic N) is 1. The SMILES string of the molecule is Cc1cc(C(=O)N2CCNCC2C(N)=O)ccc1F. The Balaban J connectivity index is 2.26. The van der Waals surface area contributed by atoms with Crippen molar-refractivity contribution in [3.8, 4) is 0 Å². The average molecular weight is 265 g/mol. The topological polar surface area (TPSA) is 75.4 Å². The number of nitrogens with one attached hydrogen (secondary N) is 1. The first-order valence-electron chi connectivity index (χ1n) is 6.08. The van der Waals surface area contributed by atoms with Gasteiger partial charge in [-0.2, -0.15) is 0 Å². The molecule has 6 heteroatoms. The normalized spacial score (nSPS) is 19.3. The van der Waals surface area contributed by atoms with Crippen molar-refractivity contribution in [2.24, 2.45) is 5.73 Å². The van der Waals surface area contributed by atoms with Crippen molar-refractivity contribution < 1.29 is 14.0 Å². The zero-order valence-electron chi connectivity index (χ0n) is 10.6. The van der Waals surface area contributed by atoms with Gasteiger partial charge in [-0.05, 0) is 30.7 Å². The van der Waals surface area contributed by atoms with Crippen LogP contribution in [0, 0.1) is 12.7 Å². The largest absolute Gasteiger partial charge is 0.368 e. The second kappa shape index (κ2) is 5.36. The van der Waals surface area contributed by atoms with Gasteiger partial charge in [-0.3, -0.25) is 9.59 Å². The van der Waals surface area contributed by atoms with Gasteiger partial charge in [-0.15, -0.1) is 0 Å². The summed E-state index contributed by atoms with van der Waals surface area (Å²) in [7, 11) is 0. The summed E-state index contributed by atoms with van der Waals surface area (Å²) >= 11 is 0. The Hall–Kier alpha value is -1.95. The van der Waals surface area contributed by atoms with Crippen LogP contribution < -0.4 is 11.1 Å². The molecule has 1 fully saturated rings. The van der Waals surface area contributed by atoms with Gasteiger partial charge in [0, 0.05) is 25.2 Å². The molecule has 0 spiro atoms. The van der Waals surface area contributed by atoms with Crippen LogP contribution in [0.5, 0.6) is 0 Å². The minimum absolute atomic E-state index is 0.298. The van der Waals surface area contributed by atoms with Gasteiger partial charge in [0.1, 0.15) is 11.9 Å². The third-order valence-electron chi connectivity index (χ3n) is 3.24. The Labute approximate surface area is 110 Å². The van der Waals surface area contributed by atoms with E-state index in [0.717, 1.165) is 0 Å². The number of rotatable bonds is 2. The van der Waals surface area contributed by atoms with E-state index >= 15 is 0 Å². The molecule has 0 radical (unpaired) electrons. The molecule has 1 aromatic carbocycles. The highest BCUT2D eigenvalue weighted by atomic mass is 19.1. The molecule has 5 nitrogen and oxygen atoms in total. The van der Waals surface area contributed by atoms with E-state index in [1.807, 2.05) is 0 Å². The highest BCUT2D eigenvalue weighted by Crippen LogP contribution is 2.14. The number of hydrogen-bond acceptors (Lipinski definition) is 3. The van der Waals surface area contributed by atoms with E-state index in [9.17, 15) is 14.0 Å². The fourth-order valence-corrected chi connectivity index (χ4v) is 2.15. The number of piperazine rings is 1. The van der Waals surface area contributed by atoms with Crippen molar-refractivity contribution in [1.29, 1.82) is 0 Å². The van der Waals surface area contributed by atoms with Crippen molar-refractivity contribution in [3.63, 3.8) is 0 Å². The maximum Gasteiger partial charge on any atom is 0.254 e. The van der Waals surface area contributed by atoms with Crippen molar-refractivity contribution in [2.45, 2.75) is 13.0 Å². The molecule has 1 heterocycles. The molecule has 2 rings (SSSR count). The zero-order chi connectivity index (χ0) is 14.0. The third kappa shape index (κ3) is 2.73. The summed E-state index contributed by atoms with van der Waals surface area (Å²) in [4.78, 5) is 25.1. The van der Waals surface area contributed by atoms with Crippen LogP contribution in [-0.2, 0) is 4.79 Å². The fourth-order valence-electron chi connectivity index (χ4n) is 2.15. The molecule has 102 valence electrons. The highest BCUT2D eigenvalue weighted by molar-refractivity contribution is 5.97. The Bertz CT molecular complexity index is 519. The monoisotopic (exact) mass is 265 g/mol. The Morgan fingerprint density at radius 3 is 2.84 bits per heavy atom. The number of benzene rings is 1. The molecule has 0 bridgehead atoms. The summed E-state index contributed by atoms with van der Waals surface area (Å²) in [5, 5.41) is 3.02. The minimum atomic E-state index is -0.661. The lowest BCUT2D eigenvalue weighted by atomic mass is 10.1. The maximum absolute atomic E-state index is 13.2. The lowest BCUT2D eigenvalue weighted by Crippen LogP contribution is -2.58. The number of nitrogens with two attached hydrogens (primary N) is 1. The molecule has 3 N–H and O–H groups in total. The van der Waals surface area contributed by atoms with Gasteiger partial charge in [0.2, 0.25) is 5.91 Å².